The summed E-state index contributed by atoms with van der Waals surface area (Å²) in [6.45, 7) is 9.82. The van der Waals surface area contributed by atoms with E-state index in [2.05, 4.69) is 33.0 Å². The van der Waals surface area contributed by atoms with E-state index in [1.165, 1.54) is 0 Å². The zero-order valence-corrected chi connectivity index (χ0v) is 15.6. The molecule has 0 aromatic carbocycles. The molecule has 1 aliphatic rings. The zero-order chi connectivity index (χ0) is 18.1. The van der Waals surface area contributed by atoms with Gasteiger partial charge in [0.25, 0.3) is 5.91 Å². The molecule has 3 heterocycles. The monoisotopic (exact) mass is 345 g/mol. The first kappa shape index (κ1) is 17.6. The molecule has 3 rings (SSSR count). The van der Waals surface area contributed by atoms with Gasteiger partial charge >= 0.3 is 0 Å². The lowest BCUT2D eigenvalue weighted by molar-refractivity contribution is 0.0929. The van der Waals surface area contributed by atoms with Gasteiger partial charge in [-0.1, -0.05) is 12.1 Å². The van der Waals surface area contributed by atoms with Gasteiger partial charge in [-0.15, -0.1) is 5.10 Å². The smallest absolute Gasteiger partial charge is 0.274 e. The van der Waals surface area contributed by atoms with Crippen molar-refractivity contribution in [2.75, 3.05) is 13.1 Å². The zero-order valence-electron chi connectivity index (χ0n) is 15.6. The van der Waals surface area contributed by atoms with E-state index in [-0.39, 0.29) is 18.0 Å². The van der Waals surface area contributed by atoms with Crippen molar-refractivity contribution in [3.05, 3.63) is 28.3 Å². The van der Waals surface area contributed by atoms with Crippen LogP contribution in [0.1, 0.15) is 65.0 Å². The van der Waals surface area contributed by atoms with Gasteiger partial charge < -0.3 is 10.6 Å². The third kappa shape index (κ3) is 3.18. The van der Waals surface area contributed by atoms with Crippen LogP contribution in [-0.2, 0) is 7.05 Å². The molecule has 1 fully saturated rings. The number of hydrogen-bond donors (Lipinski definition) is 2. The van der Waals surface area contributed by atoms with Crippen molar-refractivity contribution in [1.82, 2.24) is 35.4 Å². The van der Waals surface area contributed by atoms with Gasteiger partial charge in [0.15, 0.2) is 5.69 Å². The van der Waals surface area contributed by atoms with Gasteiger partial charge in [0.2, 0.25) is 0 Å². The molecule has 2 atom stereocenters. The normalized spacial score (nSPS) is 18.5. The van der Waals surface area contributed by atoms with Crippen LogP contribution in [0.5, 0.6) is 0 Å². The van der Waals surface area contributed by atoms with E-state index in [9.17, 15) is 4.79 Å². The second-order valence-corrected chi connectivity index (χ2v) is 6.76. The summed E-state index contributed by atoms with van der Waals surface area (Å²) in [5.74, 6) is -0.177. The van der Waals surface area contributed by atoms with E-state index >= 15 is 0 Å². The van der Waals surface area contributed by atoms with Gasteiger partial charge in [-0.2, -0.15) is 5.10 Å². The minimum Gasteiger partial charge on any atom is -0.344 e. The van der Waals surface area contributed by atoms with Gasteiger partial charge in [-0.05, 0) is 40.2 Å². The molecular formula is C17H27N7O. The largest absolute Gasteiger partial charge is 0.344 e. The lowest BCUT2D eigenvalue weighted by atomic mass is 10.0. The summed E-state index contributed by atoms with van der Waals surface area (Å²) in [5.41, 5.74) is 4.33. The van der Waals surface area contributed by atoms with Crippen molar-refractivity contribution in [2.24, 2.45) is 7.05 Å². The number of hydrogen-bond acceptors (Lipinski definition) is 5. The summed E-state index contributed by atoms with van der Waals surface area (Å²) in [4.78, 5) is 12.8. The lowest BCUT2D eigenvalue weighted by Gasteiger charge is -2.17. The van der Waals surface area contributed by atoms with E-state index in [1.807, 2.05) is 37.2 Å². The molecule has 136 valence electrons. The SMILES string of the molecule is CCC(NC(=O)c1nnn(C2CCNC2)c1C)c1c(C)nn(C)c1C. The van der Waals surface area contributed by atoms with Crippen LogP contribution in [0.4, 0.5) is 0 Å². The number of amides is 1. The Hall–Kier alpha value is -2.22. The van der Waals surface area contributed by atoms with Crippen LogP contribution in [0.3, 0.4) is 0 Å². The molecule has 8 heteroatoms. The molecule has 2 aromatic heterocycles. The maximum absolute atomic E-state index is 12.8. The quantitative estimate of drug-likeness (QED) is 0.854. The number of aromatic nitrogens is 5. The summed E-state index contributed by atoms with van der Waals surface area (Å²) in [5, 5.41) is 19.2. The summed E-state index contributed by atoms with van der Waals surface area (Å²) >= 11 is 0. The highest BCUT2D eigenvalue weighted by atomic mass is 16.2. The molecule has 1 aliphatic heterocycles. The number of nitrogens with one attached hydrogen (secondary N) is 2. The Morgan fingerprint density at radius 1 is 1.36 bits per heavy atom. The maximum atomic E-state index is 12.8. The second kappa shape index (κ2) is 6.95. The van der Waals surface area contributed by atoms with Crippen molar-refractivity contribution < 1.29 is 4.79 Å². The standard InChI is InChI=1S/C17H27N7O/c1-6-14(15-10(2)21-23(5)11(15)3)19-17(25)16-12(4)24(22-20-16)13-7-8-18-9-13/h13-14,18H,6-9H2,1-5H3,(H,19,25). The Morgan fingerprint density at radius 3 is 2.68 bits per heavy atom. The number of rotatable bonds is 5. The molecule has 0 aliphatic carbocycles. The Kier molecular flexibility index (Phi) is 4.89. The highest BCUT2D eigenvalue weighted by Crippen LogP contribution is 2.24. The maximum Gasteiger partial charge on any atom is 0.274 e. The Balaban J connectivity index is 1.81. The van der Waals surface area contributed by atoms with Gasteiger partial charge in [-0.25, -0.2) is 4.68 Å². The van der Waals surface area contributed by atoms with Gasteiger partial charge in [0.1, 0.15) is 0 Å². The molecule has 25 heavy (non-hydrogen) atoms. The second-order valence-electron chi connectivity index (χ2n) is 6.76. The summed E-state index contributed by atoms with van der Waals surface area (Å²) in [6, 6.07) is 0.192. The topological polar surface area (TPSA) is 89.7 Å². The summed E-state index contributed by atoms with van der Waals surface area (Å²) in [7, 11) is 1.92. The molecule has 0 bridgehead atoms. The van der Waals surface area contributed by atoms with Crippen LogP contribution in [-0.4, -0.2) is 43.8 Å². The molecule has 1 amide bonds. The molecule has 0 spiro atoms. The van der Waals surface area contributed by atoms with Crippen LogP contribution in [0.15, 0.2) is 0 Å². The third-order valence-electron chi connectivity index (χ3n) is 5.15. The van der Waals surface area contributed by atoms with Gasteiger partial charge in [0.05, 0.1) is 23.5 Å². The molecule has 1 saturated heterocycles. The highest BCUT2D eigenvalue weighted by Gasteiger charge is 2.26. The Morgan fingerprint density at radius 2 is 2.12 bits per heavy atom. The van der Waals surface area contributed by atoms with Gasteiger partial charge in [-0.3, -0.25) is 9.48 Å². The fraction of sp³-hybridized carbons (Fsp3) is 0.647. The molecule has 2 aromatic rings. The van der Waals surface area contributed by atoms with Crippen LogP contribution in [0.2, 0.25) is 0 Å². The van der Waals surface area contributed by atoms with E-state index < -0.39 is 0 Å². The van der Waals surface area contributed by atoms with Crippen LogP contribution >= 0.6 is 0 Å². The predicted molar refractivity (Wildman–Crippen MR) is 94.5 cm³/mol. The summed E-state index contributed by atoms with van der Waals surface area (Å²) < 4.78 is 3.73. The minimum absolute atomic E-state index is 0.0844. The molecular weight excluding hydrogens is 318 g/mol. The number of aryl methyl sites for hydroxylation is 2. The first-order valence-corrected chi connectivity index (χ1v) is 8.87. The van der Waals surface area contributed by atoms with Crippen LogP contribution in [0, 0.1) is 20.8 Å². The van der Waals surface area contributed by atoms with E-state index in [4.69, 9.17) is 0 Å². The number of carbonyl (C=O) groups is 1. The number of nitrogens with zero attached hydrogens (tertiary/aromatic N) is 5. The van der Waals surface area contributed by atoms with Crippen molar-refractivity contribution >= 4 is 5.91 Å². The molecule has 2 unspecified atom stereocenters. The molecule has 2 N–H and O–H groups in total. The fourth-order valence-corrected chi connectivity index (χ4v) is 3.64. The first-order chi connectivity index (χ1) is 11.9. The van der Waals surface area contributed by atoms with Gasteiger partial charge in [0, 0.05) is 24.8 Å². The Labute approximate surface area is 148 Å². The van der Waals surface area contributed by atoms with Crippen molar-refractivity contribution in [3.8, 4) is 0 Å². The van der Waals surface area contributed by atoms with Crippen molar-refractivity contribution in [3.63, 3.8) is 0 Å². The molecule has 8 nitrogen and oxygen atoms in total. The molecule has 0 saturated carbocycles. The summed E-state index contributed by atoms with van der Waals surface area (Å²) in [6.07, 6.45) is 1.80. The average Bonchev–Trinajstić information content (AvgIpc) is 3.27. The Bertz CT molecular complexity index is 770. The average molecular weight is 345 g/mol. The van der Waals surface area contributed by atoms with E-state index in [0.717, 1.165) is 48.6 Å². The lowest BCUT2D eigenvalue weighted by Crippen LogP contribution is -2.30. The first-order valence-electron chi connectivity index (χ1n) is 8.87. The third-order valence-corrected chi connectivity index (χ3v) is 5.15. The predicted octanol–water partition coefficient (Wildman–Crippen LogP) is 1.35. The van der Waals surface area contributed by atoms with E-state index in [1.54, 1.807) is 0 Å². The minimum atomic E-state index is -0.177. The van der Waals surface area contributed by atoms with E-state index in [0.29, 0.717) is 5.69 Å². The molecule has 0 radical (unpaired) electrons. The van der Waals surface area contributed by atoms with Crippen molar-refractivity contribution in [1.29, 1.82) is 0 Å². The highest BCUT2D eigenvalue weighted by molar-refractivity contribution is 5.93. The van der Waals surface area contributed by atoms with Crippen LogP contribution in [0.25, 0.3) is 0 Å². The van der Waals surface area contributed by atoms with Crippen molar-refractivity contribution in [2.45, 2.75) is 52.6 Å². The fourth-order valence-electron chi connectivity index (χ4n) is 3.64. The van der Waals surface area contributed by atoms with Crippen LogP contribution < -0.4 is 10.6 Å². The number of carbonyl (C=O) groups excluding carboxylic acids is 1.